The molecule has 1 N–H and O–H groups in total. The van der Waals surface area contributed by atoms with E-state index in [1.165, 1.54) is 7.11 Å². The minimum absolute atomic E-state index is 0.116. The fourth-order valence-electron chi connectivity index (χ4n) is 2.30. The van der Waals surface area contributed by atoms with Gasteiger partial charge in [-0.25, -0.2) is 0 Å². The summed E-state index contributed by atoms with van der Waals surface area (Å²) in [5.74, 6) is -0.405. The van der Waals surface area contributed by atoms with Crippen molar-refractivity contribution in [3.05, 3.63) is 35.9 Å². The van der Waals surface area contributed by atoms with E-state index in [9.17, 15) is 4.79 Å². The Balaban J connectivity index is 2.68. The summed E-state index contributed by atoms with van der Waals surface area (Å²) in [5, 5.41) is 8.84. The normalized spacial score (nSPS) is 13.8. The lowest BCUT2D eigenvalue weighted by Gasteiger charge is -2.21. The van der Waals surface area contributed by atoms with E-state index >= 15 is 0 Å². The van der Waals surface area contributed by atoms with E-state index in [1.807, 2.05) is 30.3 Å². The van der Waals surface area contributed by atoms with Gasteiger partial charge in [-0.2, -0.15) is 0 Å². The number of hydrogen-bond acceptors (Lipinski definition) is 4. The fraction of sp³-hybridized carbons (Fsp3) is 0.562. The smallest absolute Gasteiger partial charge is 0.308 e. The lowest BCUT2D eigenvalue weighted by molar-refractivity contribution is -0.147. The van der Waals surface area contributed by atoms with Crippen LogP contribution in [0.2, 0.25) is 0 Å². The van der Waals surface area contributed by atoms with Gasteiger partial charge in [0.05, 0.1) is 19.1 Å². The lowest BCUT2D eigenvalue weighted by atomic mass is 9.92. The number of esters is 1. The monoisotopic (exact) mass is 280 g/mol. The first kappa shape index (κ1) is 16.7. The highest BCUT2D eigenvalue weighted by atomic mass is 16.5. The zero-order valence-corrected chi connectivity index (χ0v) is 12.2. The zero-order valence-electron chi connectivity index (χ0n) is 12.2. The van der Waals surface area contributed by atoms with Crippen molar-refractivity contribution in [1.29, 1.82) is 0 Å². The molecular weight excluding hydrogens is 256 g/mol. The summed E-state index contributed by atoms with van der Waals surface area (Å²) in [6.45, 7) is 0.153. The van der Waals surface area contributed by atoms with Gasteiger partial charge in [0.1, 0.15) is 0 Å². The van der Waals surface area contributed by atoms with E-state index in [1.54, 1.807) is 7.11 Å². The quantitative estimate of drug-likeness (QED) is 0.558. The number of carbonyl (C=O) groups excluding carboxylic acids is 1. The summed E-state index contributed by atoms with van der Waals surface area (Å²) >= 11 is 0. The first-order valence-electron chi connectivity index (χ1n) is 6.99. The second-order valence-corrected chi connectivity index (χ2v) is 4.81. The predicted octanol–water partition coefficient (Wildman–Crippen LogP) is 2.72. The fourth-order valence-corrected chi connectivity index (χ4v) is 2.30. The third-order valence-corrected chi connectivity index (χ3v) is 3.45. The first-order chi connectivity index (χ1) is 9.72. The maximum atomic E-state index is 11.8. The molecule has 0 saturated heterocycles. The molecule has 0 aliphatic heterocycles. The van der Waals surface area contributed by atoms with Crippen molar-refractivity contribution < 1.29 is 19.4 Å². The molecule has 20 heavy (non-hydrogen) atoms. The van der Waals surface area contributed by atoms with Crippen molar-refractivity contribution in [2.45, 2.75) is 31.8 Å². The van der Waals surface area contributed by atoms with E-state index in [0.29, 0.717) is 19.3 Å². The summed E-state index contributed by atoms with van der Waals surface area (Å²) < 4.78 is 10.4. The van der Waals surface area contributed by atoms with Gasteiger partial charge in [-0.05, 0) is 24.8 Å². The number of unbranched alkanes of at least 4 members (excludes halogenated alkanes) is 1. The lowest BCUT2D eigenvalue weighted by Crippen LogP contribution is -2.20. The van der Waals surface area contributed by atoms with Crippen molar-refractivity contribution in [3.8, 4) is 0 Å². The number of rotatable bonds is 9. The molecule has 4 nitrogen and oxygen atoms in total. The number of aliphatic hydroxyl groups is 1. The van der Waals surface area contributed by atoms with Gasteiger partial charge in [-0.15, -0.1) is 0 Å². The minimum atomic E-state index is -0.207. The molecule has 112 valence electrons. The van der Waals surface area contributed by atoms with E-state index in [4.69, 9.17) is 14.6 Å². The summed E-state index contributed by atoms with van der Waals surface area (Å²) in [7, 11) is 3.06. The van der Waals surface area contributed by atoms with Gasteiger partial charge < -0.3 is 14.6 Å². The second-order valence-electron chi connectivity index (χ2n) is 4.81. The molecule has 1 aromatic carbocycles. The summed E-state index contributed by atoms with van der Waals surface area (Å²) in [6.07, 6.45) is 2.70. The maximum absolute atomic E-state index is 11.8. The Kier molecular flexibility index (Phi) is 7.92. The van der Waals surface area contributed by atoms with Crippen LogP contribution in [0, 0.1) is 5.92 Å². The summed E-state index contributed by atoms with van der Waals surface area (Å²) in [4.78, 5) is 11.8. The highest BCUT2D eigenvalue weighted by molar-refractivity contribution is 5.72. The molecule has 2 atom stereocenters. The molecule has 0 aliphatic carbocycles. The standard InChI is InChI=1S/C16H24O4/c1-19-15(13-8-4-3-5-9-13)12-14(16(18)20-2)10-6-7-11-17/h3-5,8-9,14-15,17H,6-7,10-12H2,1-2H3/t14-,15+/m0/s1. The van der Waals surface area contributed by atoms with E-state index in [-0.39, 0.29) is 24.6 Å². The minimum Gasteiger partial charge on any atom is -0.469 e. The van der Waals surface area contributed by atoms with Crippen molar-refractivity contribution in [2.24, 2.45) is 5.92 Å². The van der Waals surface area contributed by atoms with Crippen molar-refractivity contribution in [1.82, 2.24) is 0 Å². The second kappa shape index (κ2) is 9.50. The Morgan fingerprint density at radius 3 is 2.45 bits per heavy atom. The number of hydrogen-bond donors (Lipinski definition) is 1. The Morgan fingerprint density at radius 1 is 1.20 bits per heavy atom. The van der Waals surface area contributed by atoms with Gasteiger partial charge in [-0.1, -0.05) is 36.8 Å². The van der Waals surface area contributed by atoms with Gasteiger partial charge in [0.2, 0.25) is 0 Å². The van der Waals surface area contributed by atoms with Gasteiger partial charge in [-0.3, -0.25) is 4.79 Å². The number of carbonyl (C=O) groups is 1. The van der Waals surface area contributed by atoms with Crippen molar-refractivity contribution in [2.75, 3.05) is 20.8 Å². The predicted molar refractivity (Wildman–Crippen MR) is 77.3 cm³/mol. The number of ether oxygens (including phenoxy) is 2. The van der Waals surface area contributed by atoms with Gasteiger partial charge in [0.15, 0.2) is 0 Å². The molecule has 4 heteroatoms. The molecule has 0 bridgehead atoms. The number of methoxy groups -OCH3 is 2. The van der Waals surface area contributed by atoms with Crippen LogP contribution in [0.3, 0.4) is 0 Å². The topological polar surface area (TPSA) is 55.8 Å². The molecule has 0 amide bonds. The van der Waals surface area contributed by atoms with E-state index < -0.39 is 0 Å². The van der Waals surface area contributed by atoms with Crippen LogP contribution in [-0.4, -0.2) is 31.9 Å². The van der Waals surface area contributed by atoms with Crippen molar-refractivity contribution >= 4 is 5.97 Å². The third kappa shape index (κ3) is 5.31. The third-order valence-electron chi connectivity index (χ3n) is 3.45. The molecule has 0 aromatic heterocycles. The van der Waals surface area contributed by atoms with Crippen LogP contribution in [0.5, 0.6) is 0 Å². The van der Waals surface area contributed by atoms with Crippen LogP contribution in [0.15, 0.2) is 30.3 Å². The Bertz CT molecular complexity index is 377. The first-order valence-corrected chi connectivity index (χ1v) is 6.99. The van der Waals surface area contributed by atoms with Crippen molar-refractivity contribution in [3.63, 3.8) is 0 Å². The highest BCUT2D eigenvalue weighted by Crippen LogP contribution is 2.27. The average molecular weight is 280 g/mol. The van der Waals surface area contributed by atoms with Crippen LogP contribution in [-0.2, 0) is 14.3 Å². The molecule has 0 radical (unpaired) electrons. The van der Waals surface area contributed by atoms with Gasteiger partial charge >= 0.3 is 5.97 Å². The van der Waals surface area contributed by atoms with E-state index in [2.05, 4.69) is 0 Å². The molecule has 0 fully saturated rings. The van der Waals surface area contributed by atoms with Gasteiger partial charge in [0, 0.05) is 13.7 Å². The average Bonchev–Trinajstić information content (AvgIpc) is 2.51. The molecule has 0 aliphatic rings. The Hall–Kier alpha value is -1.39. The van der Waals surface area contributed by atoms with Crippen LogP contribution >= 0.6 is 0 Å². The maximum Gasteiger partial charge on any atom is 0.308 e. The molecule has 1 aromatic rings. The molecular formula is C16H24O4. The largest absolute Gasteiger partial charge is 0.469 e. The molecule has 0 unspecified atom stereocenters. The van der Waals surface area contributed by atoms with Gasteiger partial charge in [0.25, 0.3) is 0 Å². The van der Waals surface area contributed by atoms with Crippen LogP contribution < -0.4 is 0 Å². The molecule has 0 spiro atoms. The SMILES string of the molecule is COC(=O)[C@@H](CCCCO)C[C@@H](OC)c1ccccc1. The summed E-state index contributed by atoms with van der Waals surface area (Å²) in [5.41, 5.74) is 1.06. The number of benzene rings is 1. The van der Waals surface area contributed by atoms with E-state index in [0.717, 1.165) is 12.0 Å². The Morgan fingerprint density at radius 2 is 1.90 bits per heavy atom. The number of aliphatic hydroxyl groups excluding tert-OH is 1. The van der Waals surface area contributed by atoms with Crippen LogP contribution in [0.1, 0.15) is 37.4 Å². The Labute approximate surface area is 120 Å². The van der Waals surface area contributed by atoms with Crippen LogP contribution in [0.4, 0.5) is 0 Å². The zero-order chi connectivity index (χ0) is 14.8. The molecule has 0 saturated carbocycles. The van der Waals surface area contributed by atoms with Crippen LogP contribution in [0.25, 0.3) is 0 Å². The molecule has 0 heterocycles. The highest BCUT2D eigenvalue weighted by Gasteiger charge is 2.24. The molecule has 1 rings (SSSR count). The summed E-state index contributed by atoms with van der Waals surface area (Å²) in [6, 6.07) is 9.86.